The number of amides is 3. The van der Waals surface area contributed by atoms with E-state index in [0.717, 1.165) is 22.5 Å². The minimum Gasteiger partial charge on any atom is -0.457 e. The summed E-state index contributed by atoms with van der Waals surface area (Å²) in [6.45, 7) is 4.46. The second-order valence-corrected chi connectivity index (χ2v) is 13.9. The zero-order valence-corrected chi connectivity index (χ0v) is 29.4. The van der Waals surface area contributed by atoms with E-state index in [0.29, 0.717) is 12.0 Å². The zero-order valence-electron chi connectivity index (χ0n) is 27.0. The molecule has 3 amide bonds. The van der Waals surface area contributed by atoms with Crippen LogP contribution in [0.1, 0.15) is 43.7 Å². The van der Waals surface area contributed by atoms with Crippen LogP contribution in [0.4, 0.5) is 5.13 Å². The Morgan fingerprint density at radius 2 is 1.76 bits per heavy atom. The highest BCUT2D eigenvalue weighted by Crippen LogP contribution is 2.42. The Labute approximate surface area is 300 Å². The fourth-order valence-corrected chi connectivity index (χ4v) is 7.14. The number of carbonyl (C=O) groups is 5. The summed E-state index contributed by atoms with van der Waals surface area (Å²) in [6, 6.07) is 17.4. The normalized spacial score (nSPS) is 17.6. The molecule has 2 aromatic carbocycles. The number of rotatable bonds is 13. The molecule has 2 aliphatic heterocycles. The van der Waals surface area contributed by atoms with Gasteiger partial charge in [-0.05, 0) is 43.5 Å². The summed E-state index contributed by atoms with van der Waals surface area (Å²) in [7, 11) is 0. The van der Waals surface area contributed by atoms with Gasteiger partial charge in [-0.3, -0.25) is 19.3 Å². The van der Waals surface area contributed by atoms with Gasteiger partial charge in [0.05, 0.1) is 0 Å². The summed E-state index contributed by atoms with van der Waals surface area (Å²) in [5, 5.41) is 9.83. The minimum atomic E-state index is -1.07. The van der Waals surface area contributed by atoms with Crippen LogP contribution in [0.3, 0.4) is 0 Å². The smallest absolute Gasteiger partial charge is 0.356 e. The molecule has 16 heteroatoms. The molecule has 2 atom stereocenters. The van der Waals surface area contributed by atoms with Gasteiger partial charge in [0.2, 0.25) is 13.0 Å². The van der Waals surface area contributed by atoms with Gasteiger partial charge in [0.15, 0.2) is 16.9 Å². The van der Waals surface area contributed by atoms with E-state index in [4.69, 9.17) is 25.9 Å². The standard InChI is InChI=1S/C34H32ClN5O8S2/c1-34(2,3)48-24(42)16-46-39-25(23-18-50-33(37-23)36-19-41)29(43)38-26-30(44)40-27(22(14-15-35)17-49-31(26)40)32(45)47-28(20-10-6-4-7-11-20)21-12-8-5-9-13-21/h4-15,18-19,26,28,31H,16-17H2,1-3H3,(H,38,43)(H,36,37,41)/b15-14+,39-25?/t26?,31-/m0/s1. The van der Waals surface area contributed by atoms with Crippen molar-refractivity contribution in [1.82, 2.24) is 15.2 Å². The second kappa shape index (κ2) is 16.1. The van der Waals surface area contributed by atoms with E-state index in [2.05, 4.69) is 20.8 Å². The van der Waals surface area contributed by atoms with Crippen molar-refractivity contribution >= 4 is 75.7 Å². The highest BCUT2D eigenvalue weighted by atomic mass is 35.5. The molecular weight excluding hydrogens is 706 g/mol. The largest absolute Gasteiger partial charge is 0.457 e. The van der Waals surface area contributed by atoms with Crippen LogP contribution in [0, 0.1) is 0 Å². The van der Waals surface area contributed by atoms with Crippen LogP contribution in [0.25, 0.3) is 0 Å². The highest BCUT2D eigenvalue weighted by molar-refractivity contribution is 8.00. The topological polar surface area (TPSA) is 166 Å². The van der Waals surface area contributed by atoms with Crippen molar-refractivity contribution in [3.05, 3.63) is 106 Å². The molecule has 1 aromatic heterocycles. The number of β-lactam (4-membered cyclic amide) rings is 1. The molecular formula is C34H32ClN5O8S2. The van der Waals surface area contributed by atoms with Gasteiger partial charge in [-0.25, -0.2) is 14.6 Å². The van der Waals surface area contributed by atoms with E-state index in [9.17, 15) is 24.0 Å². The molecule has 2 N–H and O–H groups in total. The first-order valence-corrected chi connectivity index (χ1v) is 17.5. The van der Waals surface area contributed by atoms with E-state index in [1.165, 1.54) is 33.7 Å². The van der Waals surface area contributed by atoms with Crippen molar-refractivity contribution in [3.63, 3.8) is 0 Å². The molecule has 5 rings (SSSR count). The van der Waals surface area contributed by atoms with E-state index in [-0.39, 0.29) is 28.0 Å². The summed E-state index contributed by atoms with van der Waals surface area (Å²) in [5.74, 6) is -2.60. The molecule has 1 saturated heterocycles. The number of thiazole rings is 1. The summed E-state index contributed by atoms with van der Waals surface area (Å²) >= 11 is 8.26. The molecule has 1 unspecified atom stereocenters. The maximum absolute atomic E-state index is 14.0. The lowest BCUT2D eigenvalue weighted by Crippen LogP contribution is -2.71. The number of hydrogen-bond donors (Lipinski definition) is 2. The Bertz CT molecular complexity index is 1800. The maximum Gasteiger partial charge on any atom is 0.356 e. The summed E-state index contributed by atoms with van der Waals surface area (Å²) in [4.78, 5) is 75.0. The second-order valence-electron chi connectivity index (χ2n) is 11.7. The van der Waals surface area contributed by atoms with Gasteiger partial charge in [0.1, 0.15) is 28.4 Å². The van der Waals surface area contributed by atoms with Crippen molar-refractivity contribution < 1.29 is 38.3 Å². The highest BCUT2D eigenvalue weighted by Gasteiger charge is 2.54. The molecule has 0 saturated carbocycles. The van der Waals surface area contributed by atoms with Crippen LogP contribution in [0.2, 0.25) is 0 Å². The number of oxime groups is 1. The summed E-state index contributed by atoms with van der Waals surface area (Å²) in [6.07, 6.45) is 1.18. The minimum absolute atomic E-state index is 0.0108. The summed E-state index contributed by atoms with van der Waals surface area (Å²) < 4.78 is 11.3. The molecule has 0 aliphatic carbocycles. The number of thioether (sulfide) groups is 1. The third kappa shape index (κ3) is 8.59. The summed E-state index contributed by atoms with van der Waals surface area (Å²) in [5.41, 5.74) is 2.09. The molecule has 0 bridgehead atoms. The number of nitrogens with zero attached hydrogens (tertiary/aromatic N) is 3. The molecule has 3 aromatic rings. The number of halogens is 1. The number of esters is 2. The molecule has 1 fully saturated rings. The Kier molecular flexibility index (Phi) is 11.7. The Balaban J connectivity index is 1.37. The average molecular weight is 738 g/mol. The molecule has 0 spiro atoms. The predicted molar refractivity (Wildman–Crippen MR) is 188 cm³/mol. The third-order valence-corrected chi connectivity index (χ3v) is 9.28. The number of nitrogens with one attached hydrogen (secondary N) is 2. The van der Waals surface area contributed by atoms with Gasteiger partial charge in [0, 0.05) is 16.7 Å². The van der Waals surface area contributed by atoms with Crippen molar-refractivity contribution in [2.24, 2.45) is 5.16 Å². The van der Waals surface area contributed by atoms with Crippen LogP contribution in [-0.4, -0.2) is 75.1 Å². The monoisotopic (exact) mass is 737 g/mol. The van der Waals surface area contributed by atoms with Crippen molar-refractivity contribution in [3.8, 4) is 0 Å². The SMILES string of the molecule is CC(C)(C)OC(=O)CON=C(C(=O)NC1C(=O)N2C(C(=O)OC(c3ccccc3)c3ccccc3)=C(/C=C/Cl)CS[C@@H]12)c1csc(NC=O)n1. The quantitative estimate of drug-likeness (QED) is 0.0838. The number of ether oxygens (including phenoxy) is 2. The van der Waals surface area contributed by atoms with Gasteiger partial charge in [-0.2, -0.15) is 0 Å². The van der Waals surface area contributed by atoms with Crippen molar-refractivity contribution in [2.45, 2.75) is 43.9 Å². The third-order valence-electron chi connectivity index (χ3n) is 7.07. The lowest BCUT2D eigenvalue weighted by atomic mass is 10.0. The number of fused-ring (bicyclic) bond motifs is 1. The van der Waals surface area contributed by atoms with Crippen LogP contribution in [0.5, 0.6) is 0 Å². The number of carbonyl (C=O) groups excluding carboxylic acids is 5. The average Bonchev–Trinajstić information content (AvgIpc) is 3.56. The van der Waals surface area contributed by atoms with Crippen LogP contribution in [-0.2, 0) is 38.3 Å². The van der Waals surface area contributed by atoms with Crippen LogP contribution in [0.15, 0.2) is 94.1 Å². The van der Waals surface area contributed by atoms with Crippen molar-refractivity contribution in [2.75, 3.05) is 17.7 Å². The maximum atomic E-state index is 14.0. The number of benzene rings is 2. The van der Waals surface area contributed by atoms with Gasteiger partial charge in [-0.1, -0.05) is 77.4 Å². The molecule has 2 aliphatic rings. The molecule has 3 heterocycles. The molecule has 260 valence electrons. The first kappa shape index (κ1) is 36.3. The number of anilines is 1. The molecule has 0 radical (unpaired) electrons. The lowest BCUT2D eigenvalue weighted by molar-refractivity contribution is -0.160. The lowest BCUT2D eigenvalue weighted by Gasteiger charge is -2.49. The van der Waals surface area contributed by atoms with Gasteiger partial charge in [-0.15, -0.1) is 23.1 Å². The zero-order chi connectivity index (χ0) is 35.8. The molecule has 13 nitrogen and oxygen atoms in total. The first-order chi connectivity index (χ1) is 24.0. The Morgan fingerprint density at radius 3 is 2.36 bits per heavy atom. The van der Waals surface area contributed by atoms with Gasteiger partial charge >= 0.3 is 11.9 Å². The number of aromatic nitrogens is 1. The Morgan fingerprint density at radius 1 is 1.10 bits per heavy atom. The van der Waals surface area contributed by atoms with E-state index in [1.807, 2.05) is 60.7 Å². The fraction of sp³-hybridized carbons (Fsp3) is 0.265. The fourth-order valence-electron chi connectivity index (χ4n) is 5.02. The number of hydrogen-bond acceptors (Lipinski definition) is 12. The van der Waals surface area contributed by atoms with E-state index >= 15 is 0 Å². The van der Waals surface area contributed by atoms with Crippen molar-refractivity contribution in [1.29, 1.82) is 0 Å². The first-order valence-electron chi connectivity index (χ1n) is 15.1. The van der Waals surface area contributed by atoms with Crippen LogP contribution >= 0.6 is 34.7 Å². The number of allylic oxidation sites excluding steroid dienone is 1. The van der Waals surface area contributed by atoms with Crippen LogP contribution < -0.4 is 10.6 Å². The Hall–Kier alpha value is -4.99. The van der Waals surface area contributed by atoms with E-state index < -0.39 is 53.5 Å². The van der Waals surface area contributed by atoms with E-state index in [1.54, 1.807) is 20.8 Å². The van der Waals surface area contributed by atoms with Gasteiger partial charge in [0.25, 0.3) is 11.8 Å². The van der Waals surface area contributed by atoms with Gasteiger partial charge < -0.3 is 24.9 Å². The predicted octanol–water partition coefficient (Wildman–Crippen LogP) is 4.51. The molecule has 50 heavy (non-hydrogen) atoms.